The smallest absolute Gasteiger partial charge is 0.0619 e. The van der Waals surface area contributed by atoms with Crippen molar-refractivity contribution in [2.45, 2.75) is 19.5 Å². The zero-order chi connectivity index (χ0) is 6.97. The van der Waals surface area contributed by atoms with Gasteiger partial charge in [-0.15, -0.1) is 0 Å². The molecule has 0 amide bonds. The van der Waals surface area contributed by atoms with Crippen LogP contribution in [0.4, 0.5) is 0 Å². The molecule has 0 saturated heterocycles. The van der Waals surface area contributed by atoms with E-state index in [-0.39, 0.29) is 0 Å². The summed E-state index contributed by atoms with van der Waals surface area (Å²) in [4.78, 5) is 0. The Bertz CT molecular complexity index is 229. The molecule has 0 fully saturated rings. The van der Waals surface area contributed by atoms with Crippen LogP contribution in [0.1, 0.15) is 18.7 Å². The molecule has 2 rings (SSSR count). The molecule has 0 spiro atoms. The third-order valence-electron chi connectivity index (χ3n) is 1.92. The Labute approximate surface area is 60.0 Å². The molecule has 10 heavy (non-hydrogen) atoms. The fraction of sp³-hybridized carbons (Fsp3) is 0.571. The molecule has 1 aromatic rings. The highest BCUT2D eigenvalue weighted by molar-refractivity contribution is 5.03. The summed E-state index contributed by atoms with van der Waals surface area (Å²) in [5.41, 5.74) is 1.29. The molecule has 0 aliphatic carbocycles. The highest BCUT2D eigenvalue weighted by atomic mass is 15.3. The standard InChI is InChI=1S/C7H11N3/c1-6-4-8-5-7-2-3-9-10(6)7/h2-3,6,8H,4-5H2,1H3/t6-/m0/s1. The van der Waals surface area contributed by atoms with E-state index >= 15 is 0 Å². The first-order valence-electron chi connectivity index (χ1n) is 3.61. The Morgan fingerprint density at radius 1 is 1.80 bits per heavy atom. The Morgan fingerprint density at radius 3 is 3.50 bits per heavy atom. The molecule has 1 aliphatic rings. The number of hydrogen-bond donors (Lipinski definition) is 1. The second-order valence-electron chi connectivity index (χ2n) is 2.75. The zero-order valence-electron chi connectivity index (χ0n) is 6.04. The van der Waals surface area contributed by atoms with E-state index in [0.717, 1.165) is 13.1 Å². The maximum absolute atomic E-state index is 4.21. The van der Waals surface area contributed by atoms with E-state index in [1.807, 2.05) is 6.20 Å². The molecule has 3 nitrogen and oxygen atoms in total. The largest absolute Gasteiger partial charge is 0.309 e. The van der Waals surface area contributed by atoms with Gasteiger partial charge in [0, 0.05) is 19.3 Å². The predicted octanol–water partition coefficient (Wildman–Crippen LogP) is 0.547. The van der Waals surface area contributed by atoms with Gasteiger partial charge in [0.15, 0.2) is 0 Å². The molecule has 1 N–H and O–H groups in total. The van der Waals surface area contributed by atoms with Crippen LogP contribution in [-0.4, -0.2) is 16.3 Å². The van der Waals surface area contributed by atoms with E-state index in [1.54, 1.807) is 0 Å². The molecular formula is C7H11N3. The second-order valence-corrected chi connectivity index (χ2v) is 2.75. The van der Waals surface area contributed by atoms with E-state index in [2.05, 4.69) is 28.1 Å². The van der Waals surface area contributed by atoms with E-state index in [0.29, 0.717) is 6.04 Å². The SMILES string of the molecule is C[C@H]1CNCc2ccnn21. The van der Waals surface area contributed by atoms with Gasteiger partial charge in [-0.05, 0) is 13.0 Å². The Balaban J connectivity index is 2.41. The Kier molecular flexibility index (Phi) is 1.24. The quantitative estimate of drug-likeness (QED) is 0.566. The van der Waals surface area contributed by atoms with Crippen LogP contribution in [0.2, 0.25) is 0 Å². The lowest BCUT2D eigenvalue weighted by atomic mass is 10.2. The molecule has 1 atom stereocenters. The van der Waals surface area contributed by atoms with Gasteiger partial charge >= 0.3 is 0 Å². The van der Waals surface area contributed by atoms with Gasteiger partial charge in [0.25, 0.3) is 0 Å². The van der Waals surface area contributed by atoms with Crippen molar-refractivity contribution >= 4 is 0 Å². The van der Waals surface area contributed by atoms with Gasteiger partial charge in [-0.25, -0.2) is 0 Å². The monoisotopic (exact) mass is 137 g/mol. The van der Waals surface area contributed by atoms with Crippen LogP contribution < -0.4 is 5.32 Å². The second kappa shape index (κ2) is 2.09. The van der Waals surface area contributed by atoms with Gasteiger partial charge in [0.2, 0.25) is 0 Å². The van der Waals surface area contributed by atoms with Crippen molar-refractivity contribution in [3.05, 3.63) is 18.0 Å². The fourth-order valence-electron chi connectivity index (χ4n) is 1.37. The summed E-state index contributed by atoms with van der Waals surface area (Å²) >= 11 is 0. The summed E-state index contributed by atoms with van der Waals surface area (Å²) in [6.07, 6.45) is 1.86. The van der Waals surface area contributed by atoms with Gasteiger partial charge in [0.05, 0.1) is 11.7 Å². The van der Waals surface area contributed by atoms with Gasteiger partial charge in [-0.3, -0.25) is 4.68 Å². The van der Waals surface area contributed by atoms with Crippen LogP contribution in [0.5, 0.6) is 0 Å². The van der Waals surface area contributed by atoms with Gasteiger partial charge in [-0.2, -0.15) is 5.10 Å². The lowest BCUT2D eigenvalue weighted by Crippen LogP contribution is -2.31. The number of fused-ring (bicyclic) bond motifs is 1. The number of aromatic nitrogens is 2. The maximum atomic E-state index is 4.21. The minimum absolute atomic E-state index is 0.513. The first-order chi connectivity index (χ1) is 4.88. The number of nitrogens with zero attached hydrogens (tertiary/aromatic N) is 2. The number of hydrogen-bond acceptors (Lipinski definition) is 2. The molecule has 2 heterocycles. The van der Waals surface area contributed by atoms with Crippen LogP contribution in [0.3, 0.4) is 0 Å². The molecule has 0 unspecified atom stereocenters. The summed E-state index contributed by atoms with van der Waals surface area (Å²) < 4.78 is 2.08. The van der Waals surface area contributed by atoms with Gasteiger partial charge in [0.1, 0.15) is 0 Å². The molecule has 1 aromatic heterocycles. The maximum Gasteiger partial charge on any atom is 0.0619 e. The molecule has 1 aliphatic heterocycles. The molecule has 3 heteroatoms. The van der Waals surface area contributed by atoms with E-state index in [9.17, 15) is 0 Å². The van der Waals surface area contributed by atoms with Crippen molar-refractivity contribution in [1.29, 1.82) is 0 Å². The van der Waals surface area contributed by atoms with Crippen LogP contribution in [-0.2, 0) is 6.54 Å². The molecular weight excluding hydrogens is 126 g/mol. The van der Waals surface area contributed by atoms with Crippen molar-refractivity contribution in [1.82, 2.24) is 15.1 Å². The van der Waals surface area contributed by atoms with Crippen LogP contribution in [0, 0.1) is 0 Å². The number of nitrogens with one attached hydrogen (secondary N) is 1. The molecule has 0 saturated carbocycles. The average molecular weight is 137 g/mol. The highest BCUT2D eigenvalue weighted by Crippen LogP contribution is 2.11. The molecule has 0 aromatic carbocycles. The third kappa shape index (κ3) is 0.743. The normalized spacial score (nSPS) is 24.3. The van der Waals surface area contributed by atoms with E-state index < -0.39 is 0 Å². The summed E-state index contributed by atoms with van der Waals surface area (Å²) in [5.74, 6) is 0. The Hall–Kier alpha value is -0.830. The van der Waals surface area contributed by atoms with Crippen molar-refractivity contribution in [2.24, 2.45) is 0 Å². The molecule has 0 radical (unpaired) electrons. The van der Waals surface area contributed by atoms with Crippen molar-refractivity contribution < 1.29 is 0 Å². The summed E-state index contributed by atoms with van der Waals surface area (Å²) in [5, 5.41) is 7.53. The lowest BCUT2D eigenvalue weighted by molar-refractivity contribution is 0.392. The van der Waals surface area contributed by atoms with Crippen molar-refractivity contribution in [3.63, 3.8) is 0 Å². The summed E-state index contributed by atoms with van der Waals surface area (Å²) in [6, 6.07) is 2.57. The molecule has 0 bridgehead atoms. The van der Waals surface area contributed by atoms with Crippen molar-refractivity contribution in [3.8, 4) is 0 Å². The minimum Gasteiger partial charge on any atom is -0.309 e. The topological polar surface area (TPSA) is 29.9 Å². The summed E-state index contributed by atoms with van der Waals surface area (Å²) in [7, 11) is 0. The van der Waals surface area contributed by atoms with Crippen LogP contribution >= 0.6 is 0 Å². The van der Waals surface area contributed by atoms with Crippen LogP contribution in [0.25, 0.3) is 0 Å². The summed E-state index contributed by atoms with van der Waals surface area (Å²) in [6.45, 7) is 4.17. The zero-order valence-corrected chi connectivity index (χ0v) is 6.04. The minimum atomic E-state index is 0.513. The van der Waals surface area contributed by atoms with Gasteiger partial charge in [-0.1, -0.05) is 0 Å². The molecule has 54 valence electrons. The van der Waals surface area contributed by atoms with Crippen LogP contribution in [0.15, 0.2) is 12.3 Å². The highest BCUT2D eigenvalue weighted by Gasteiger charge is 2.13. The van der Waals surface area contributed by atoms with E-state index in [4.69, 9.17) is 0 Å². The fourth-order valence-corrected chi connectivity index (χ4v) is 1.37. The number of rotatable bonds is 0. The third-order valence-corrected chi connectivity index (χ3v) is 1.92. The van der Waals surface area contributed by atoms with Gasteiger partial charge < -0.3 is 5.32 Å². The Morgan fingerprint density at radius 2 is 2.70 bits per heavy atom. The van der Waals surface area contributed by atoms with Crippen molar-refractivity contribution in [2.75, 3.05) is 6.54 Å². The lowest BCUT2D eigenvalue weighted by Gasteiger charge is -2.21. The average Bonchev–Trinajstić information content (AvgIpc) is 2.36. The first-order valence-corrected chi connectivity index (χ1v) is 3.61. The van der Waals surface area contributed by atoms with E-state index in [1.165, 1.54) is 5.69 Å². The first kappa shape index (κ1) is 5.92. The predicted molar refractivity (Wildman–Crippen MR) is 38.6 cm³/mol.